The van der Waals surface area contributed by atoms with Gasteiger partial charge >= 0.3 is 13.5 Å². The van der Waals surface area contributed by atoms with Crippen molar-refractivity contribution in [3.63, 3.8) is 0 Å². The normalized spacial score (nSPS) is 32.0. The molecule has 0 spiro atoms. The highest BCUT2D eigenvalue weighted by atomic mass is 31.2. The lowest BCUT2D eigenvalue weighted by atomic mass is 10.1. The number of aliphatic hydroxyl groups excluding tert-OH is 4. The molecule has 0 amide bonds. The number of phosphoric ester groups is 1. The van der Waals surface area contributed by atoms with E-state index in [9.17, 15) is 39.5 Å². The number of ether oxygens (including phenoxy) is 2. The second-order valence-electron chi connectivity index (χ2n) is 8.94. The van der Waals surface area contributed by atoms with Crippen molar-refractivity contribution in [2.75, 3.05) is 24.7 Å². The highest BCUT2D eigenvalue weighted by Crippen LogP contribution is 2.49. The van der Waals surface area contributed by atoms with Gasteiger partial charge < -0.3 is 46.3 Å². The van der Waals surface area contributed by atoms with Gasteiger partial charge in [0.2, 0.25) is 5.95 Å². The molecule has 3 aromatic rings. The number of nitrogens with one attached hydrogen (secondary N) is 1. The maximum atomic E-state index is 12.8. The van der Waals surface area contributed by atoms with Crippen molar-refractivity contribution in [2.24, 2.45) is 0 Å². The predicted octanol–water partition coefficient (Wildman–Crippen LogP) is -4.09. The van der Waals surface area contributed by atoms with Crippen LogP contribution < -0.4 is 22.7 Å². The third kappa shape index (κ3) is 5.12. The molecule has 21 heteroatoms. The highest BCUT2D eigenvalue weighted by molar-refractivity contribution is 7.47. The van der Waals surface area contributed by atoms with Crippen LogP contribution in [-0.2, 0) is 23.1 Å². The van der Waals surface area contributed by atoms with Crippen LogP contribution in [0.1, 0.15) is 12.5 Å². The number of imidazole rings is 1. The van der Waals surface area contributed by atoms with Crippen molar-refractivity contribution in [2.45, 2.75) is 49.1 Å². The van der Waals surface area contributed by atoms with Crippen LogP contribution in [0.25, 0.3) is 11.2 Å². The van der Waals surface area contributed by atoms with Crippen LogP contribution in [0.5, 0.6) is 0 Å². The van der Waals surface area contributed by atoms with E-state index in [1.807, 2.05) is 0 Å². The van der Waals surface area contributed by atoms with E-state index in [1.165, 1.54) is 12.3 Å². The minimum Gasteiger partial charge on any atom is -0.394 e. The van der Waals surface area contributed by atoms with Gasteiger partial charge in [-0.1, -0.05) is 0 Å². The first-order valence-electron chi connectivity index (χ1n) is 11.6. The third-order valence-corrected chi connectivity index (χ3v) is 7.32. The molecule has 2 aliphatic heterocycles. The fraction of sp³-hybridized carbons (Fsp3) is 0.526. The van der Waals surface area contributed by atoms with Gasteiger partial charge in [0.15, 0.2) is 23.6 Å². The number of nitrogen functional groups attached to an aromatic ring is 2. The smallest absolute Gasteiger partial charge is 0.394 e. The van der Waals surface area contributed by atoms with Crippen LogP contribution in [0.15, 0.2) is 28.2 Å². The number of hydrogen-bond acceptors (Lipinski definition) is 16. The second-order valence-corrected chi connectivity index (χ2v) is 10.3. The van der Waals surface area contributed by atoms with Gasteiger partial charge in [-0.25, -0.2) is 14.3 Å². The number of fused-ring (bicyclic) bond motifs is 1. The van der Waals surface area contributed by atoms with Crippen molar-refractivity contribution in [3.8, 4) is 0 Å². The van der Waals surface area contributed by atoms with E-state index in [1.54, 1.807) is 0 Å². The second kappa shape index (κ2) is 10.6. The van der Waals surface area contributed by atoms with Crippen molar-refractivity contribution in [3.05, 3.63) is 39.4 Å². The quantitative estimate of drug-likeness (QED) is 0.116. The lowest BCUT2D eigenvalue weighted by molar-refractivity contribution is -0.0609. The van der Waals surface area contributed by atoms with E-state index in [0.717, 1.165) is 15.5 Å². The molecule has 3 aromatic heterocycles. The van der Waals surface area contributed by atoms with Crippen LogP contribution in [0, 0.1) is 0 Å². The molecule has 20 nitrogen and oxygen atoms in total. The largest absolute Gasteiger partial charge is 0.472 e. The maximum Gasteiger partial charge on any atom is 0.472 e. The topological polar surface area (TPSA) is 306 Å². The summed E-state index contributed by atoms with van der Waals surface area (Å²) in [5, 5.41) is 41.3. The molecule has 9 atom stereocenters. The molecule has 2 saturated heterocycles. The van der Waals surface area contributed by atoms with Crippen molar-refractivity contribution < 1.29 is 48.4 Å². The van der Waals surface area contributed by atoms with Crippen molar-refractivity contribution in [1.29, 1.82) is 0 Å². The highest BCUT2D eigenvalue weighted by Gasteiger charge is 2.50. The molecule has 10 N–H and O–H groups in total. The number of aromatic amines is 1. The monoisotopic (exact) mass is 588 g/mol. The van der Waals surface area contributed by atoms with Gasteiger partial charge in [-0.05, 0) is 6.07 Å². The minimum atomic E-state index is -5.04. The van der Waals surface area contributed by atoms with Gasteiger partial charge in [0, 0.05) is 6.20 Å². The Morgan fingerprint density at radius 1 is 1.05 bits per heavy atom. The Bertz CT molecular complexity index is 1560. The molecule has 1 unspecified atom stereocenters. The molecule has 0 aromatic carbocycles. The first kappa shape index (κ1) is 28.2. The number of nitrogens with two attached hydrogens (primary N) is 2. The van der Waals surface area contributed by atoms with Crippen LogP contribution >= 0.6 is 7.82 Å². The van der Waals surface area contributed by atoms with Gasteiger partial charge in [0.05, 0.1) is 19.5 Å². The van der Waals surface area contributed by atoms with E-state index in [0.29, 0.717) is 0 Å². The summed E-state index contributed by atoms with van der Waals surface area (Å²) in [4.78, 5) is 48.1. The van der Waals surface area contributed by atoms with Crippen molar-refractivity contribution in [1.82, 2.24) is 29.1 Å². The summed E-state index contributed by atoms with van der Waals surface area (Å²) >= 11 is 0. The summed E-state index contributed by atoms with van der Waals surface area (Å²) in [6, 6.07) is 1.26. The Labute approximate surface area is 222 Å². The Morgan fingerprint density at radius 2 is 1.75 bits per heavy atom. The van der Waals surface area contributed by atoms with E-state index in [2.05, 4.69) is 19.9 Å². The molecule has 0 aliphatic carbocycles. The fourth-order valence-electron chi connectivity index (χ4n) is 4.42. The van der Waals surface area contributed by atoms with Gasteiger partial charge in [-0.15, -0.1) is 0 Å². The summed E-state index contributed by atoms with van der Waals surface area (Å²) in [6.07, 6.45) is -9.84. The molecule has 0 saturated carbocycles. The Balaban J connectivity index is 1.28. The maximum absolute atomic E-state index is 12.8. The Morgan fingerprint density at radius 3 is 2.45 bits per heavy atom. The summed E-state index contributed by atoms with van der Waals surface area (Å²) in [5.74, 6) is -0.322. The molecule has 2 aliphatic rings. The first-order valence-corrected chi connectivity index (χ1v) is 13.1. The Hall–Kier alpha value is -3.30. The number of aliphatic hydroxyl groups is 4. The van der Waals surface area contributed by atoms with E-state index >= 15 is 0 Å². The van der Waals surface area contributed by atoms with E-state index < -0.39 is 81.4 Å². The lowest BCUT2D eigenvalue weighted by Gasteiger charge is -2.23. The number of phosphoric acid groups is 1. The summed E-state index contributed by atoms with van der Waals surface area (Å²) in [5.41, 5.74) is 9.29. The van der Waals surface area contributed by atoms with Gasteiger partial charge in [0.1, 0.15) is 42.4 Å². The third-order valence-electron chi connectivity index (χ3n) is 6.33. The zero-order valence-corrected chi connectivity index (χ0v) is 21.1. The molecule has 5 heterocycles. The minimum absolute atomic E-state index is 0.0676. The van der Waals surface area contributed by atoms with Crippen LogP contribution in [-0.4, -0.2) is 104 Å². The fourth-order valence-corrected chi connectivity index (χ4v) is 5.39. The zero-order valence-electron chi connectivity index (χ0n) is 20.2. The summed E-state index contributed by atoms with van der Waals surface area (Å²) in [7, 11) is -5.04. The predicted molar refractivity (Wildman–Crippen MR) is 129 cm³/mol. The number of hydrogen-bond donors (Lipinski definition) is 8. The summed E-state index contributed by atoms with van der Waals surface area (Å²) < 4.78 is 35.8. The molecule has 5 rings (SSSR count). The molecular formula is C19H25N8O12P. The average molecular weight is 588 g/mol. The molecule has 40 heavy (non-hydrogen) atoms. The van der Waals surface area contributed by atoms with E-state index in [-0.39, 0.29) is 22.9 Å². The van der Waals surface area contributed by atoms with Crippen LogP contribution in [0.3, 0.4) is 0 Å². The average Bonchev–Trinajstić information content (AvgIpc) is 3.53. The summed E-state index contributed by atoms with van der Waals surface area (Å²) in [6.45, 7) is -1.56. The molecule has 218 valence electrons. The SMILES string of the molecule is Nc1ccn([C@@H]2O[C@H](COP(=O)(O)O[C@H]3[C@@H](O)[C@@H](n4cnc5c(=O)[nH]c(N)nc54)O[C@H]3CO)[C@H](O)[C@@H]2O)c(=O)n1. The van der Waals surface area contributed by atoms with Crippen LogP contribution in [0.2, 0.25) is 0 Å². The number of H-pyrrole nitrogens is 1. The standard InChI is InChI=1S/C19H25N8O12P/c20-8-1-2-26(19(33)23-8)16-11(30)10(29)7(38-16)4-36-40(34,35)39-13-6(3-28)37-17(12(13)31)27-5-22-9-14(27)24-18(21)25-15(9)32/h1-2,5-7,10-13,16-17,28-31H,3-4H2,(H,34,35)(H2,20,23,33)(H3,21,24,25,32)/t6-,7+,10-,11-,12+,13+,16+,17-/m0/s1. The number of rotatable bonds is 8. The first-order chi connectivity index (χ1) is 18.9. The van der Waals surface area contributed by atoms with Gasteiger partial charge in [-0.2, -0.15) is 9.97 Å². The Kier molecular flexibility index (Phi) is 7.48. The number of anilines is 2. The zero-order chi connectivity index (χ0) is 28.9. The number of nitrogens with zero attached hydrogens (tertiary/aromatic N) is 5. The number of aromatic nitrogens is 6. The molecule has 2 fully saturated rings. The molecule has 0 radical (unpaired) electrons. The molecule has 0 bridgehead atoms. The van der Waals surface area contributed by atoms with E-state index in [4.69, 9.17) is 30.0 Å². The molecular weight excluding hydrogens is 563 g/mol. The lowest BCUT2D eigenvalue weighted by Crippen LogP contribution is -2.37. The van der Waals surface area contributed by atoms with Crippen LogP contribution in [0.4, 0.5) is 11.8 Å². The van der Waals surface area contributed by atoms with Crippen molar-refractivity contribution >= 4 is 30.8 Å². The van der Waals surface area contributed by atoms with Gasteiger partial charge in [-0.3, -0.25) is 28.0 Å². The van der Waals surface area contributed by atoms with Gasteiger partial charge in [0.25, 0.3) is 5.56 Å².